The number of fused-ring (bicyclic) bond motifs is 2. The molecule has 30 heavy (non-hydrogen) atoms. The molecule has 0 fully saturated rings. The van der Waals surface area contributed by atoms with Gasteiger partial charge in [0.25, 0.3) is 0 Å². The lowest BCUT2D eigenvalue weighted by Crippen LogP contribution is -2.21. The van der Waals surface area contributed by atoms with Crippen molar-refractivity contribution in [3.8, 4) is 16.9 Å². The molecule has 160 valence electrons. The van der Waals surface area contributed by atoms with Gasteiger partial charge >= 0.3 is 0 Å². The van der Waals surface area contributed by atoms with E-state index in [-0.39, 0.29) is 0 Å². The standard InChI is InChI=1S/C25H34N4O/c1-7-17(8-2)26-24-20-10-9-11-21(20)27-25-22(23(15(3)4)28-29(24)25)19-13-12-18(30-6)14-16(19)5/h12-15,17,26H,7-11H2,1-6H3. The number of nitrogens with zero attached hydrogens (tertiary/aromatic N) is 3. The molecule has 0 radical (unpaired) electrons. The molecule has 0 saturated carbocycles. The van der Waals surface area contributed by atoms with Crippen LogP contribution >= 0.6 is 0 Å². The van der Waals surface area contributed by atoms with Gasteiger partial charge in [0.1, 0.15) is 11.6 Å². The maximum atomic E-state index is 5.43. The van der Waals surface area contributed by atoms with Crippen molar-refractivity contribution in [3.63, 3.8) is 0 Å². The van der Waals surface area contributed by atoms with Gasteiger partial charge in [0.2, 0.25) is 0 Å². The summed E-state index contributed by atoms with van der Waals surface area (Å²) in [6, 6.07) is 6.73. The third kappa shape index (κ3) is 3.44. The van der Waals surface area contributed by atoms with Gasteiger partial charge in [0, 0.05) is 17.3 Å². The van der Waals surface area contributed by atoms with Crippen LogP contribution in [0.4, 0.5) is 5.82 Å². The van der Waals surface area contributed by atoms with E-state index in [4.69, 9.17) is 14.8 Å². The third-order valence-corrected chi connectivity index (χ3v) is 6.39. The lowest BCUT2D eigenvalue weighted by Gasteiger charge is -2.20. The van der Waals surface area contributed by atoms with Crippen LogP contribution < -0.4 is 10.1 Å². The predicted molar refractivity (Wildman–Crippen MR) is 124 cm³/mol. The molecule has 4 rings (SSSR count). The largest absolute Gasteiger partial charge is 0.497 e. The second-order valence-electron chi connectivity index (χ2n) is 8.73. The number of hydrogen-bond donors (Lipinski definition) is 1. The van der Waals surface area contributed by atoms with E-state index in [2.05, 4.69) is 56.6 Å². The fraction of sp³-hybridized carbons (Fsp3) is 0.520. The van der Waals surface area contributed by atoms with Crippen LogP contribution in [0.1, 0.15) is 75.4 Å². The molecule has 3 aromatic rings. The highest BCUT2D eigenvalue weighted by Gasteiger charge is 2.27. The van der Waals surface area contributed by atoms with Crippen LogP contribution in [0.3, 0.4) is 0 Å². The van der Waals surface area contributed by atoms with Gasteiger partial charge in [-0.1, -0.05) is 33.8 Å². The highest BCUT2D eigenvalue weighted by molar-refractivity contribution is 5.84. The Hall–Kier alpha value is -2.56. The molecule has 0 bridgehead atoms. The van der Waals surface area contributed by atoms with Crippen molar-refractivity contribution in [2.45, 2.75) is 78.7 Å². The molecule has 5 heteroatoms. The van der Waals surface area contributed by atoms with Crippen molar-refractivity contribution in [2.75, 3.05) is 12.4 Å². The maximum Gasteiger partial charge on any atom is 0.165 e. The van der Waals surface area contributed by atoms with Gasteiger partial charge in [-0.3, -0.25) is 0 Å². The van der Waals surface area contributed by atoms with E-state index < -0.39 is 0 Å². The first kappa shape index (κ1) is 20.7. The molecule has 0 aliphatic heterocycles. The molecule has 1 aliphatic carbocycles. The van der Waals surface area contributed by atoms with Crippen molar-refractivity contribution in [2.24, 2.45) is 0 Å². The molecular formula is C25H34N4O. The number of ether oxygens (including phenoxy) is 1. The summed E-state index contributed by atoms with van der Waals surface area (Å²) >= 11 is 0. The first-order valence-corrected chi connectivity index (χ1v) is 11.3. The molecule has 2 aromatic heterocycles. The number of nitrogens with one attached hydrogen (secondary N) is 1. The number of aromatic nitrogens is 3. The van der Waals surface area contributed by atoms with E-state index in [0.29, 0.717) is 12.0 Å². The monoisotopic (exact) mass is 406 g/mol. The van der Waals surface area contributed by atoms with Crippen LogP contribution in [0.25, 0.3) is 16.8 Å². The fourth-order valence-corrected chi connectivity index (χ4v) is 4.59. The van der Waals surface area contributed by atoms with Crippen molar-refractivity contribution in [1.82, 2.24) is 14.6 Å². The van der Waals surface area contributed by atoms with Crippen LogP contribution in [0.5, 0.6) is 5.75 Å². The molecule has 1 aromatic carbocycles. The molecule has 0 saturated heterocycles. The van der Waals surface area contributed by atoms with E-state index in [1.165, 1.54) is 28.8 Å². The van der Waals surface area contributed by atoms with Crippen LogP contribution in [-0.2, 0) is 12.8 Å². The number of benzene rings is 1. The third-order valence-electron chi connectivity index (χ3n) is 6.39. The normalized spacial score (nSPS) is 13.5. The van der Waals surface area contributed by atoms with Crippen LogP contribution in [-0.4, -0.2) is 27.7 Å². The summed E-state index contributed by atoms with van der Waals surface area (Å²) in [5, 5.41) is 8.96. The fourth-order valence-electron chi connectivity index (χ4n) is 4.59. The zero-order chi connectivity index (χ0) is 21.4. The number of methoxy groups -OCH3 is 1. The van der Waals surface area contributed by atoms with Crippen molar-refractivity contribution < 1.29 is 4.74 Å². The molecule has 0 atom stereocenters. The Kier molecular flexibility index (Phi) is 5.72. The Bertz CT molecular complexity index is 1060. The Labute approximate surface area is 179 Å². The molecule has 1 aliphatic rings. The minimum absolute atomic E-state index is 0.305. The van der Waals surface area contributed by atoms with Crippen molar-refractivity contribution in [1.29, 1.82) is 0 Å². The molecule has 2 heterocycles. The first-order chi connectivity index (χ1) is 14.5. The summed E-state index contributed by atoms with van der Waals surface area (Å²) in [7, 11) is 1.71. The molecule has 5 nitrogen and oxygen atoms in total. The lowest BCUT2D eigenvalue weighted by molar-refractivity contribution is 0.414. The van der Waals surface area contributed by atoms with E-state index >= 15 is 0 Å². The van der Waals surface area contributed by atoms with E-state index in [9.17, 15) is 0 Å². The second-order valence-corrected chi connectivity index (χ2v) is 8.73. The number of aryl methyl sites for hydroxylation is 2. The van der Waals surface area contributed by atoms with Gasteiger partial charge in [-0.2, -0.15) is 9.61 Å². The lowest BCUT2D eigenvalue weighted by atomic mass is 9.96. The van der Waals surface area contributed by atoms with Crippen LogP contribution in [0.2, 0.25) is 0 Å². The quantitative estimate of drug-likeness (QED) is 0.529. The molecule has 0 spiro atoms. The molecule has 1 N–H and O–H groups in total. The van der Waals surface area contributed by atoms with Gasteiger partial charge < -0.3 is 10.1 Å². The smallest absolute Gasteiger partial charge is 0.165 e. The Morgan fingerprint density at radius 1 is 1.17 bits per heavy atom. The average Bonchev–Trinajstić information content (AvgIpc) is 3.36. The zero-order valence-electron chi connectivity index (χ0n) is 19.2. The van der Waals surface area contributed by atoms with Crippen LogP contribution in [0.15, 0.2) is 18.2 Å². The van der Waals surface area contributed by atoms with Gasteiger partial charge in [-0.25, -0.2) is 4.98 Å². The van der Waals surface area contributed by atoms with Crippen molar-refractivity contribution in [3.05, 3.63) is 40.7 Å². The summed E-state index contributed by atoms with van der Waals surface area (Å²) in [6.45, 7) is 11.1. The minimum Gasteiger partial charge on any atom is -0.497 e. The molecule has 0 unspecified atom stereocenters. The summed E-state index contributed by atoms with van der Waals surface area (Å²) in [6.07, 6.45) is 5.48. The van der Waals surface area contributed by atoms with Gasteiger partial charge in [0.05, 0.1) is 18.4 Å². The summed E-state index contributed by atoms with van der Waals surface area (Å²) < 4.78 is 7.53. The Morgan fingerprint density at radius 3 is 2.57 bits per heavy atom. The molecular weight excluding hydrogens is 372 g/mol. The zero-order valence-corrected chi connectivity index (χ0v) is 19.2. The Balaban J connectivity index is 2.00. The van der Waals surface area contributed by atoms with E-state index in [1.54, 1.807) is 7.11 Å². The first-order valence-electron chi connectivity index (χ1n) is 11.3. The second kappa shape index (κ2) is 8.29. The van der Waals surface area contributed by atoms with E-state index in [1.807, 2.05) is 6.07 Å². The average molecular weight is 407 g/mol. The molecule has 0 amide bonds. The van der Waals surface area contributed by atoms with Gasteiger partial charge in [-0.05, 0) is 68.2 Å². The number of anilines is 1. The maximum absolute atomic E-state index is 5.43. The van der Waals surface area contributed by atoms with Gasteiger partial charge in [-0.15, -0.1) is 0 Å². The SMILES string of the molecule is CCC(CC)Nc1c2c(nc3c(-c4ccc(OC)cc4C)c(C(C)C)nn13)CCC2. The van der Waals surface area contributed by atoms with Crippen LogP contribution in [0, 0.1) is 6.92 Å². The van der Waals surface area contributed by atoms with E-state index in [0.717, 1.165) is 54.2 Å². The highest BCUT2D eigenvalue weighted by atomic mass is 16.5. The summed E-state index contributed by atoms with van der Waals surface area (Å²) in [5.74, 6) is 2.34. The number of hydrogen-bond acceptors (Lipinski definition) is 4. The minimum atomic E-state index is 0.305. The topological polar surface area (TPSA) is 51.5 Å². The van der Waals surface area contributed by atoms with Gasteiger partial charge in [0.15, 0.2) is 5.65 Å². The summed E-state index contributed by atoms with van der Waals surface area (Å²) in [5.41, 5.74) is 8.20. The summed E-state index contributed by atoms with van der Waals surface area (Å²) in [4.78, 5) is 5.17. The predicted octanol–water partition coefficient (Wildman–Crippen LogP) is 5.93. The van der Waals surface area contributed by atoms with Crippen molar-refractivity contribution >= 4 is 11.5 Å². The number of rotatable bonds is 7. The highest BCUT2D eigenvalue weighted by Crippen LogP contribution is 2.39. The Morgan fingerprint density at radius 2 is 1.93 bits per heavy atom.